The van der Waals surface area contributed by atoms with Gasteiger partial charge in [-0.1, -0.05) is 12.8 Å². The van der Waals surface area contributed by atoms with E-state index in [0.29, 0.717) is 0 Å². The number of hydrogen-bond acceptors (Lipinski definition) is 5. The van der Waals surface area contributed by atoms with Crippen LogP contribution in [0.2, 0.25) is 0 Å². The number of nitrogens with one attached hydrogen (secondary N) is 2. The molecule has 0 bridgehead atoms. The summed E-state index contributed by atoms with van der Waals surface area (Å²) in [5, 5.41) is 4.56. The highest BCUT2D eigenvalue weighted by Crippen LogP contribution is 2.45. The molecule has 0 spiro atoms. The second kappa shape index (κ2) is 5.96. The fourth-order valence-electron chi connectivity index (χ4n) is 4.01. The zero-order valence-corrected chi connectivity index (χ0v) is 15.6. The van der Waals surface area contributed by atoms with Crippen LogP contribution < -0.4 is 10.6 Å². The number of carbonyl (C=O) groups excluding carboxylic acids is 3. The van der Waals surface area contributed by atoms with Crippen LogP contribution in [-0.4, -0.2) is 59.3 Å². The Morgan fingerprint density at radius 1 is 1.24 bits per heavy atom. The Bertz CT molecular complexity index is 711. The van der Waals surface area contributed by atoms with Crippen LogP contribution in [0.25, 0.3) is 0 Å². The Morgan fingerprint density at radius 2 is 1.84 bits per heavy atom. The molecule has 8 nitrogen and oxygen atoms in total. The zero-order valence-electron chi connectivity index (χ0n) is 14.7. The Balaban J connectivity index is 1.69. The summed E-state index contributed by atoms with van der Waals surface area (Å²) in [4.78, 5) is 37.9. The van der Waals surface area contributed by atoms with Gasteiger partial charge >= 0.3 is 0 Å². The molecule has 3 unspecified atom stereocenters. The third-order valence-electron chi connectivity index (χ3n) is 5.68. The zero-order chi connectivity index (χ0) is 18.6. The second-order valence-corrected chi connectivity index (χ2v) is 10.4. The maximum Gasteiger partial charge on any atom is 0.245 e. The van der Waals surface area contributed by atoms with E-state index in [2.05, 4.69) is 10.6 Å². The van der Waals surface area contributed by atoms with E-state index in [4.69, 9.17) is 0 Å². The molecule has 9 heteroatoms. The topological polar surface area (TPSA) is 113 Å². The largest absolute Gasteiger partial charge is 0.352 e. The molecule has 3 atom stereocenters. The monoisotopic (exact) mass is 371 g/mol. The van der Waals surface area contributed by atoms with Crippen molar-refractivity contribution in [1.82, 2.24) is 15.5 Å². The van der Waals surface area contributed by atoms with Crippen molar-refractivity contribution in [3.05, 3.63) is 0 Å². The minimum atomic E-state index is -3.62. The highest BCUT2D eigenvalue weighted by atomic mass is 32.2. The van der Waals surface area contributed by atoms with Gasteiger partial charge in [-0.2, -0.15) is 0 Å². The van der Waals surface area contributed by atoms with E-state index in [9.17, 15) is 22.8 Å². The molecule has 0 aromatic rings. The fourth-order valence-corrected chi connectivity index (χ4v) is 6.14. The first-order valence-corrected chi connectivity index (χ1v) is 10.3. The third-order valence-corrected chi connectivity index (χ3v) is 8.48. The van der Waals surface area contributed by atoms with Crippen LogP contribution in [0.15, 0.2) is 0 Å². The summed E-state index contributed by atoms with van der Waals surface area (Å²) in [6.07, 6.45) is 3.96. The van der Waals surface area contributed by atoms with Gasteiger partial charge in [0.05, 0.1) is 11.2 Å². The number of hydrogen-bond donors (Lipinski definition) is 2. The van der Waals surface area contributed by atoms with E-state index >= 15 is 0 Å². The SMILES string of the molecule is CC(NC(=O)C1N2C(=O)CC2S(=O)(=O)C1(C)C)C(=O)NC1CCCC1. The molecule has 1 saturated carbocycles. The van der Waals surface area contributed by atoms with E-state index in [-0.39, 0.29) is 24.3 Å². The first-order chi connectivity index (χ1) is 11.6. The van der Waals surface area contributed by atoms with Crippen molar-refractivity contribution in [2.24, 2.45) is 0 Å². The number of amides is 3. The van der Waals surface area contributed by atoms with Gasteiger partial charge in [-0.3, -0.25) is 14.4 Å². The van der Waals surface area contributed by atoms with Gasteiger partial charge in [0.2, 0.25) is 17.7 Å². The van der Waals surface area contributed by atoms with Crippen LogP contribution in [-0.2, 0) is 24.2 Å². The van der Waals surface area contributed by atoms with Crippen LogP contribution in [0.3, 0.4) is 0 Å². The molecule has 3 aliphatic rings. The van der Waals surface area contributed by atoms with E-state index < -0.39 is 37.9 Å². The van der Waals surface area contributed by atoms with Gasteiger partial charge in [0.1, 0.15) is 17.5 Å². The van der Waals surface area contributed by atoms with Gasteiger partial charge < -0.3 is 15.5 Å². The van der Waals surface area contributed by atoms with Crippen molar-refractivity contribution in [2.45, 2.75) is 81.1 Å². The minimum Gasteiger partial charge on any atom is -0.352 e. The van der Waals surface area contributed by atoms with Crippen molar-refractivity contribution < 1.29 is 22.8 Å². The normalized spacial score (nSPS) is 31.2. The second-order valence-electron chi connectivity index (χ2n) is 7.73. The average molecular weight is 371 g/mol. The van der Waals surface area contributed by atoms with E-state index in [1.54, 1.807) is 6.92 Å². The summed E-state index contributed by atoms with van der Waals surface area (Å²) in [6, 6.07) is -1.76. The van der Waals surface area contributed by atoms with Crippen molar-refractivity contribution >= 4 is 27.6 Å². The van der Waals surface area contributed by atoms with Gasteiger partial charge in [-0.05, 0) is 33.6 Å². The predicted molar refractivity (Wildman–Crippen MR) is 90.0 cm³/mol. The molecule has 0 aromatic carbocycles. The number of fused-ring (bicyclic) bond motifs is 1. The summed E-state index contributed by atoms with van der Waals surface area (Å²) < 4.78 is 23.7. The van der Waals surface area contributed by atoms with E-state index in [1.165, 1.54) is 13.8 Å². The lowest BCUT2D eigenvalue weighted by molar-refractivity contribution is -0.150. The lowest BCUT2D eigenvalue weighted by Gasteiger charge is -2.37. The van der Waals surface area contributed by atoms with Crippen molar-refractivity contribution in [3.63, 3.8) is 0 Å². The van der Waals surface area contributed by atoms with Crippen LogP contribution in [0.5, 0.6) is 0 Å². The highest BCUT2D eigenvalue weighted by Gasteiger charge is 2.67. The van der Waals surface area contributed by atoms with E-state index in [0.717, 1.165) is 30.6 Å². The predicted octanol–water partition coefficient (Wildman–Crippen LogP) is -0.316. The Kier molecular flexibility index (Phi) is 4.33. The molecule has 25 heavy (non-hydrogen) atoms. The first kappa shape index (κ1) is 18.2. The maximum atomic E-state index is 12.7. The molecule has 1 aliphatic carbocycles. The molecule has 2 heterocycles. The molecule has 3 amide bonds. The van der Waals surface area contributed by atoms with Crippen LogP contribution in [0.1, 0.15) is 52.9 Å². The van der Waals surface area contributed by atoms with Gasteiger partial charge in [-0.25, -0.2) is 8.42 Å². The quantitative estimate of drug-likeness (QED) is 0.658. The van der Waals surface area contributed by atoms with Gasteiger partial charge in [0.25, 0.3) is 0 Å². The summed E-state index contributed by atoms with van der Waals surface area (Å²) >= 11 is 0. The fraction of sp³-hybridized carbons (Fsp3) is 0.812. The number of nitrogens with zero attached hydrogens (tertiary/aromatic N) is 1. The molecule has 0 aromatic heterocycles. The average Bonchev–Trinajstić information content (AvgIpc) is 3.05. The molecule has 2 N–H and O–H groups in total. The molecule has 3 rings (SSSR count). The maximum absolute atomic E-state index is 12.7. The molecule has 2 saturated heterocycles. The number of rotatable bonds is 4. The summed E-state index contributed by atoms with van der Waals surface area (Å²) in [5.74, 6) is -1.23. The van der Waals surface area contributed by atoms with Crippen LogP contribution >= 0.6 is 0 Å². The van der Waals surface area contributed by atoms with Crippen molar-refractivity contribution in [3.8, 4) is 0 Å². The van der Waals surface area contributed by atoms with Crippen LogP contribution in [0, 0.1) is 0 Å². The van der Waals surface area contributed by atoms with Crippen molar-refractivity contribution in [2.75, 3.05) is 0 Å². The molecular weight excluding hydrogens is 346 g/mol. The van der Waals surface area contributed by atoms with Gasteiger partial charge in [0, 0.05) is 6.04 Å². The Morgan fingerprint density at radius 3 is 2.40 bits per heavy atom. The summed E-state index contributed by atoms with van der Waals surface area (Å²) in [5.41, 5.74) is 0. The highest BCUT2D eigenvalue weighted by molar-refractivity contribution is 7.93. The van der Waals surface area contributed by atoms with Crippen LogP contribution in [0.4, 0.5) is 0 Å². The standard InChI is InChI=1S/C16H25N3O5S/c1-9(14(21)18-10-6-4-5-7-10)17-15(22)13-16(2,3)25(23,24)12-8-11(20)19(12)13/h9-10,12-13H,4-8H2,1-3H3,(H,17,22)(H,18,21). The molecule has 3 fully saturated rings. The molecule has 2 aliphatic heterocycles. The summed E-state index contributed by atoms with van der Waals surface area (Å²) in [6.45, 7) is 4.48. The third kappa shape index (κ3) is 2.72. The lowest BCUT2D eigenvalue weighted by atomic mass is 9.97. The molecule has 0 radical (unpaired) electrons. The summed E-state index contributed by atoms with van der Waals surface area (Å²) in [7, 11) is -3.62. The Hall–Kier alpha value is -1.64. The van der Waals surface area contributed by atoms with Gasteiger partial charge in [-0.15, -0.1) is 0 Å². The Labute approximate surface area is 147 Å². The molecular formula is C16H25N3O5S. The van der Waals surface area contributed by atoms with E-state index in [1.807, 2.05) is 0 Å². The number of sulfone groups is 1. The smallest absolute Gasteiger partial charge is 0.245 e. The number of β-lactam (4-membered cyclic amide) rings is 1. The lowest BCUT2D eigenvalue weighted by Crippen LogP contribution is -2.61. The number of carbonyl (C=O) groups is 3. The first-order valence-electron chi connectivity index (χ1n) is 8.72. The minimum absolute atomic E-state index is 0.0761. The van der Waals surface area contributed by atoms with Gasteiger partial charge in [0.15, 0.2) is 9.84 Å². The molecule has 140 valence electrons. The van der Waals surface area contributed by atoms with Crippen molar-refractivity contribution in [1.29, 1.82) is 0 Å².